The molecule has 0 rings (SSSR count). The van der Waals surface area contributed by atoms with E-state index in [9.17, 15) is 0 Å². The molecular formula is C8H11Cl. The first-order valence-electron chi connectivity index (χ1n) is 2.96. The first kappa shape index (κ1) is 8.51. The van der Waals surface area contributed by atoms with Gasteiger partial charge in [-0.1, -0.05) is 43.3 Å². The van der Waals surface area contributed by atoms with Crippen molar-refractivity contribution in [1.82, 2.24) is 0 Å². The molecule has 0 N–H and O–H groups in total. The fraction of sp³-hybridized carbons (Fsp3) is 0.250. The van der Waals surface area contributed by atoms with E-state index in [0.29, 0.717) is 0 Å². The number of hydrogen-bond acceptors (Lipinski definition) is 0. The summed E-state index contributed by atoms with van der Waals surface area (Å²) in [6.07, 6.45) is 8.25. The molecule has 0 saturated heterocycles. The lowest BCUT2D eigenvalue weighted by Crippen LogP contribution is -1.60. The highest BCUT2D eigenvalue weighted by Crippen LogP contribution is 2.03. The molecule has 0 aliphatic carbocycles. The number of allylic oxidation sites excluding steroid dienone is 5. The third-order valence-electron chi connectivity index (χ3n) is 0.791. The van der Waals surface area contributed by atoms with Crippen molar-refractivity contribution in [2.45, 2.75) is 13.3 Å². The van der Waals surface area contributed by atoms with Crippen LogP contribution in [-0.2, 0) is 0 Å². The smallest absolute Gasteiger partial charge is 0.0366 e. The maximum Gasteiger partial charge on any atom is 0.0366 e. The topological polar surface area (TPSA) is 0 Å². The summed E-state index contributed by atoms with van der Waals surface area (Å²) < 4.78 is 0. The summed E-state index contributed by atoms with van der Waals surface area (Å²) in [7, 11) is 0. The van der Waals surface area contributed by atoms with Crippen LogP contribution in [0, 0.1) is 0 Å². The molecule has 0 aromatic heterocycles. The van der Waals surface area contributed by atoms with Crippen molar-refractivity contribution in [2.75, 3.05) is 0 Å². The highest BCUT2D eigenvalue weighted by atomic mass is 35.5. The molecule has 0 nitrogen and oxygen atoms in total. The van der Waals surface area contributed by atoms with E-state index in [1.54, 1.807) is 6.08 Å². The van der Waals surface area contributed by atoms with Crippen LogP contribution in [0.5, 0.6) is 0 Å². The summed E-state index contributed by atoms with van der Waals surface area (Å²) in [5, 5.41) is 0.775. The minimum atomic E-state index is 0.775. The van der Waals surface area contributed by atoms with Crippen molar-refractivity contribution in [1.29, 1.82) is 0 Å². The van der Waals surface area contributed by atoms with Gasteiger partial charge in [-0.25, -0.2) is 0 Å². The molecule has 0 aromatic rings. The standard InChI is InChI=1S/C8H11Cl/c1-3-5-7-8(9)6-4-2/h3,5-7H,1,4H2,2H3/b7-5-,8-6+. The zero-order chi connectivity index (χ0) is 7.11. The van der Waals surface area contributed by atoms with E-state index < -0.39 is 0 Å². The maximum absolute atomic E-state index is 5.69. The normalized spacial score (nSPS) is 12.4. The van der Waals surface area contributed by atoms with Crippen molar-refractivity contribution in [2.24, 2.45) is 0 Å². The van der Waals surface area contributed by atoms with Crippen LogP contribution in [0.3, 0.4) is 0 Å². The average molecular weight is 143 g/mol. The Bertz CT molecular complexity index is 132. The third kappa shape index (κ3) is 5.38. The molecule has 0 fully saturated rings. The van der Waals surface area contributed by atoms with Gasteiger partial charge in [-0.2, -0.15) is 0 Å². The van der Waals surface area contributed by atoms with Crippen LogP contribution in [0.1, 0.15) is 13.3 Å². The molecule has 0 unspecified atom stereocenters. The fourth-order valence-electron chi connectivity index (χ4n) is 0.423. The molecule has 0 atom stereocenters. The first-order valence-corrected chi connectivity index (χ1v) is 3.33. The highest BCUT2D eigenvalue weighted by molar-refractivity contribution is 6.31. The van der Waals surface area contributed by atoms with Crippen LogP contribution < -0.4 is 0 Å². The van der Waals surface area contributed by atoms with Gasteiger partial charge in [0.2, 0.25) is 0 Å². The Balaban J connectivity index is 3.74. The molecule has 0 aromatic carbocycles. The summed E-state index contributed by atoms with van der Waals surface area (Å²) in [4.78, 5) is 0. The predicted molar refractivity (Wildman–Crippen MR) is 43.6 cm³/mol. The Morgan fingerprint density at radius 3 is 2.78 bits per heavy atom. The first-order chi connectivity index (χ1) is 4.31. The molecule has 0 saturated carbocycles. The summed E-state index contributed by atoms with van der Waals surface area (Å²) in [6, 6.07) is 0. The van der Waals surface area contributed by atoms with Crippen molar-refractivity contribution >= 4 is 11.6 Å². The van der Waals surface area contributed by atoms with E-state index >= 15 is 0 Å². The van der Waals surface area contributed by atoms with Gasteiger partial charge in [0.25, 0.3) is 0 Å². The van der Waals surface area contributed by atoms with Gasteiger partial charge >= 0.3 is 0 Å². The second-order valence-electron chi connectivity index (χ2n) is 1.59. The van der Waals surface area contributed by atoms with Gasteiger partial charge in [-0.3, -0.25) is 0 Å². The van der Waals surface area contributed by atoms with Crippen molar-refractivity contribution in [3.8, 4) is 0 Å². The number of halogens is 1. The summed E-state index contributed by atoms with van der Waals surface area (Å²) in [6.45, 7) is 5.57. The zero-order valence-corrected chi connectivity index (χ0v) is 6.36. The fourth-order valence-corrected chi connectivity index (χ4v) is 0.650. The van der Waals surface area contributed by atoms with E-state index in [1.165, 1.54) is 0 Å². The van der Waals surface area contributed by atoms with Gasteiger partial charge in [-0.15, -0.1) is 0 Å². The lowest BCUT2D eigenvalue weighted by Gasteiger charge is -1.82. The predicted octanol–water partition coefficient (Wildman–Crippen LogP) is 3.26. The van der Waals surface area contributed by atoms with Crippen LogP contribution in [-0.4, -0.2) is 0 Å². The molecule has 50 valence electrons. The van der Waals surface area contributed by atoms with Gasteiger partial charge in [0.05, 0.1) is 0 Å². The molecular weight excluding hydrogens is 132 g/mol. The average Bonchev–Trinajstić information content (AvgIpc) is 1.85. The van der Waals surface area contributed by atoms with Crippen molar-refractivity contribution in [3.05, 3.63) is 35.9 Å². The van der Waals surface area contributed by atoms with Gasteiger partial charge in [-0.05, 0) is 12.5 Å². The Morgan fingerprint density at radius 2 is 2.33 bits per heavy atom. The summed E-state index contributed by atoms with van der Waals surface area (Å²) in [5.74, 6) is 0. The zero-order valence-electron chi connectivity index (χ0n) is 5.60. The van der Waals surface area contributed by atoms with Crippen LogP contribution >= 0.6 is 11.6 Å². The van der Waals surface area contributed by atoms with Crippen LogP contribution in [0.15, 0.2) is 35.9 Å². The third-order valence-corrected chi connectivity index (χ3v) is 1.07. The van der Waals surface area contributed by atoms with E-state index in [-0.39, 0.29) is 0 Å². The molecule has 0 bridgehead atoms. The van der Waals surface area contributed by atoms with Gasteiger partial charge < -0.3 is 0 Å². The molecule has 0 aliphatic heterocycles. The lowest BCUT2D eigenvalue weighted by atomic mass is 10.4. The Labute approximate surface area is 61.5 Å². The Hall–Kier alpha value is -0.490. The quantitative estimate of drug-likeness (QED) is 0.531. The Morgan fingerprint density at radius 1 is 1.67 bits per heavy atom. The second kappa shape index (κ2) is 5.64. The minimum Gasteiger partial charge on any atom is -0.0991 e. The molecule has 0 spiro atoms. The SMILES string of the molecule is C=C/C=C\C(Cl)=C/CC. The molecule has 0 amide bonds. The second-order valence-corrected chi connectivity index (χ2v) is 2.03. The van der Waals surface area contributed by atoms with Crippen molar-refractivity contribution in [3.63, 3.8) is 0 Å². The van der Waals surface area contributed by atoms with Gasteiger partial charge in [0, 0.05) is 5.03 Å². The van der Waals surface area contributed by atoms with Crippen LogP contribution in [0.4, 0.5) is 0 Å². The number of hydrogen-bond donors (Lipinski definition) is 0. The summed E-state index contributed by atoms with van der Waals surface area (Å²) in [5.41, 5.74) is 0. The largest absolute Gasteiger partial charge is 0.0991 e. The van der Waals surface area contributed by atoms with E-state index in [0.717, 1.165) is 11.5 Å². The molecule has 0 heterocycles. The monoisotopic (exact) mass is 142 g/mol. The maximum atomic E-state index is 5.69. The van der Waals surface area contributed by atoms with E-state index in [4.69, 9.17) is 11.6 Å². The van der Waals surface area contributed by atoms with Crippen LogP contribution in [0.25, 0.3) is 0 Å². The summed E-state index contributed by atoms with van der Waals surface area (Å²) >= 11 is 5.69. The molecule has 9 heavy (non-hydrogen) atoms. The molecule has 1 heteroatoms. The number of rotatable bonds is 3. The lowest BCUT2D eigenvalue weighted by molar-refractivity contribution is 1.22. The van der Waals surface area contributed by atoms with Crippen LogP contribution in [0.2, 0.25) is 0 Å². The van der Waals surface area contributed by atoms with Gasteiger partial charge in [0.15, 0.2) is 0 Å². The molecule has 0 radical (unpaired) electrons. The molecule has 0 aliphatic rings. The van der Waals surface area contributed by atoms with E-state index in [1.807, 2.05) is 25.2 Å². The van der Waals surface area contributed by atoms with Gasteiger partial charge in [0.1, 0.15) is 0 Å². The Kier molecular flexibility index (Phi) is 5.34. The minimum absolute atomic E-state index is 0.775. The van der Waals surface area contributed by atoms with Crippen molar-refractivity contribution < 1.29 is 0 Å². The van der Waals surface area contributed by atoms with E-state index in [2.05, 4.69) is 6.58 Å². The highest BCUT2D eigenvalue weighted by Gasteiger charge is 1.77.